The summed E-state index contributed by atoms with van der Waals surface area (Å²) >= 11 is 0. The monoisotopic (exact) mass is 187 g/mol. The van der Waals surface area contributed by atoms with Gasteiger partial charge in [-0.2, -0.15) is 0 Å². The van der Waals surface area contributed by atoms with E-state index in [2.05, 4.69) is 43.7 Å². The molecule has 0 spiro atoms. The molecule has 0 aliphatic heterocycles. The molecule has 0 N–H and O–H groups in total. The Bertz CT molecular complexity index is 255. The SMILES string of the molecule is C[CH]C1CCC(c2ccccc2)CC1. The molecule has 1 aliphatic rings. The van der Waals surface area contributed by atoms with Crippen LogP contribution in [-0.2, 0) is 0 Å². The van der Waals surface area contributed by atoms with Crippen molar-refractivity contribution in [1.29, 1.82) is 0 Å². The zero-order valence-electron chi connectivity index (χ0n) is 8.95. The first kappa shape index (κ1) is 9.76. The van der Waals surface area contributed by atoms with Crippen LogP contribution in [0.5, 0.6) is 0 Å². The molecule has 1 aliphatic carbocycles. The van der Waals surface area contributed by atoms with Crippen molar-refractivity contribution in [2.24, 2.45) is 5.92 Å². The molecule has 0 atom stereocenters. The summed E-state index contributed by atoms with van der Waals surface area (Å²) in [5, 5.41) is 0. The van der Waals surface area contributed by atoms with Crippen molar-refractivity contribution in [3.63, 3.8) is 0 Å². The summed E-state index contributed by atoms with van der Waals surface area (Å²) in [7, 11) is 0. The highest BCUT2D eigenvalue weighted by Crippen LogP contribution is 2.36. The number of benzene rings is 1. The molecule has 0 saturated heterocycles. The Morgan fingerprint density at radius 1 is 1.00 bits per heavy atom. The Balaban J connectivity index is 1.96. The summed E-state index contributed by atoms with van der Waals surface area (Å²) in [6, 6.07) is 11.0. The summed E-state index contributed by atoms with van der Waals surface area (Å²) in [5.41, 5.74) is 1.54. The van der Waals surface area contributed by atoms with Gasteiger partial charge in [-0.05, 0) is 49.5 Å². The van der Waals surface area contributed by atoms with Crippen LogP contribution in [-0.4, -0.2) is 0 Å². The van der Waals surface area contributed by atoms with Crippen LogP contribution < -0.4 is 0 Å². The van der Waals surface area contributed by atoms with Gasteiger partial charge in [-0.25, -0.2) is 0 Å². The van der Waals surface area contributed by atoms with E-state index >= 15 is 0 Å². The van der Waals surface area contributed by atoms with Crippen LogP contribution >= 0.6 is 0 Å². The van der Waals surface area contributed by atoms with Crippen LogP contribution in [0.4, 0.5) is 0 Å². The molecule has 1 aromatic rings. The van der Waals surface area contributed by atoms with Gasteiger partial charge >= 0.3 is 0 Å². The third-order valence-corrected chi connectivity index (χ3v) is 3.51. The molecule has 1 saturated carbocycles. The lowest BCUT2D eigenvalue weighted by molar-refractivity contribution is 0.359. The Morgan fingerprint density at radius 2 is 1.64 bits per heavy atom. The highest BCUT2D eigenvalue weighted by molar-refractivity contribution is 5.19. The largest absolute Gasteiger partial charge is 0.0622 e. The van der Waals surface area contributed by atoms with E-state index in [1.807, 2.05) is 0 Å². The molecule has 1 fully saturated rings. The number of hydrogen-bond acceptors (Lipinski definition) is 0. The topological polar surface area (TPSA) is 0 Å². The second kappa shape index (κ2) is 4.63. The molecule has 0 heteroatoms. The van der Waals surface area contributed by atoms with Gasteiger partial charge in [0, 0.05) is 0 Å². The average Bonchev–Trinajstić information content (AvgIpc) is 2.30. The first-order valence-electron chi connectivity index (χ1n) is 5.74. The number of hydrogen-bond donors (Lipinski definition) is 0. The van der Waals surface area contributed by atoms with Gasteiger partial charge in [0.05, 0.1) is 0 Å². The number of rotatable bonds is 2. The minimum absolute atomic E-state index is 0.826. The second-order valence-corrected chi connectivity index (χ2v) is 4.36. The Kier molecular flexibility index (Phi) is 3.23. The fourth-order valence-corrected chi connectivity index (χ4v) is 2.51. The molecule has 0 nitrogen and oxygen atoms in total. The molecule has 0 unspecified atom stereocenters. The van der Waals surface area contributed by atoms with Gasteiger partial charge in [0.25, 0.3) is 0 Å². The Morgan fingerprint density at radius 3 is 2.21 bits per heavy atom. The van der Waals surface area contributed by atoms with E-state index in [4.69, 9.17) is 0 Å². The van der Waals surface area contributed by atoms with Gasteiger partial charge in [-0.3, -0.25) is 0 Å². The molecule has 2 rings (SSSR count). The zero-order valence-corrected chi connectivity index (χ0v) is 8.95. The fourth-order valence-electron chi connectivity index (χ4n) is 2.51. The van der Waals surface area contributed by atoms with Gasteiger partial charge < -0.3 is 0 Å². The molecule has 1 aromatic carbocycles. The third-order valence-electron chi connectivity index (χ3n) is 3.51. The maximum atomic E-state index is 2.38. The van der Waals surface area contributed by atoms with Crippen molar-refractivity contribution in [2.45, 2.75) is 38.5 Å². The first-order valence-corrected chi connectivity index (χ1v) is 5.74. The molecule has 0 aromatic heterocycles. The molecule has 14 heavy (non-hydrogen) atoms. The van der Waals surface area contributed by atoms with Crippen molar-refractivity contribution in [3.05, 3.63) is 42.3 Å². The van der Waals surface area contributed by atoms with Crippen LogP contribution in [0.3, 0.4) is 0 Å². The van der Waals surface area contributed by atoms with E-state index in [1.54, 1.807) is 5.56 Å². The van der Waals surface area contributed by atoms with Gasteiger partial charge in [0.1, 0.15) is 0 Å². The second-order valence-electron chi connectivity index (χ2n) is 4.36. The third kappa shape index (κ3) is 2.17. The standard InChI is InChI=1S/C14H19/c1-2-12-8-10-14(11-9-12)13-6-4-3-5-7-13/h2-7,12,14H,8-11H2,1H3. The minimum atomic E-state index is 0.826. The predicted molar refractivity (Wildman–Crippen MR) is 61.1 cm³/mol. The van der Waals surface area contributed by atoms with Crippen molar-refractivity contribution < 1.29 is 0 Å². The molecular weight excluding hydrogens is 168 g/mol. The summed E-state index contributed by atoms with van der Waals surface area (Å²) in [5.74, 6) is 1.71. The highest BCUT2D eigenvalue weighted by atomic mass is 14.3. The quantitative estimate of drug-likeness (QED) is 0.651. The van der Waals surface area contributed by atoms with E-state index in [0.29, 0.717) is 0 Å². The summed E-state index contributed by atoms with van der Waals surface area (Å²) in [6.07, 6.45) is 7.89. The molecular formula is C14H19. The first-order chi connectivity index (χ1) is 6.90. The fraction of sp³-hybridized carbons (Fsp3) is 0.500. The smallest absolute Gasteiger partial charge is 0.0162 e. The van der Waals surface area contributed by atoms with Crippen LogP contribution in [0.15, 0.2) is 30.3 Å². The van der Waals surface area contributed by atoms with Crippen LogP contribution in [0, 0.1) is 12.3 Å². The normalized spacial score (nSPS) is 27.5. The van der Waals surface area contributed by atoms with Crippen molar-refractivity contribution in [3.8, 4) is 0 Å². The molecule has 0 bridgehead atoms. The Labute approximate surface area is 87.3 Å². The van der Waals surface area contributed by atoms with Gasteiger partial charge in [0.2, 0.25) is 0 Å². The molecule has 75 valence electrons. The molecule has 1 radical (unpaired) electrons. The van der Waals surface area contributed by atoms with E-state index in [-0.39, 0.29) is 0 Å². The maximum absolute atomic E-state index is 2.38. The van der Waals surface area contributed by atoms with Crippen molar-refractivity contribution in [2.75, 3.05) is 0 Å². The van der Waals surface area contributed by atoms with Crippen LogP contribution in [0.25, 0.3) is 0 Å². The van der Waals surface area contributed by atoms with Gasteiger partial charge in [-0.1, -0.05) is 37.3 Å². The van der Waals surface area contributed by atoms with Crippen LogP contribution in [0.1, 0.15) is 44.1 Å². The lowest BCUT2D eigenvalue weighted by Gasteiger charge is -2.27. The van der Waals surface area contributed by atoms with Gasteiger partial charge in [-0.15, -0.1) is 0 Å². The Hall–Kier alpha value is -0.780. The van der Waals surface area contributed by atoms with E-state index < -0.39 is 0 Å². The molecule has 0 heterocycles. The zero-order chi connectivity index (χ0) is 9.80. The highest BCUT2D eigenvalue weighted by Gasteiger charge is 2.20. The van der Waals surface area contributed by atoms with Gasteiger partial charge in [0.15, 0.2) is 0 Å². The minimum Gasteiger partial charge on any atom is -0.0622 e. The van der Waals surface area contributed by atoms with Crippen LogP contribution in [0.2, 0.25) is 0 Å². The predicted octanol–water partition coefficient (Wildman–Crippen LogP) is 4.18. The summed E-state index contributed by atoms with van der Waals surface area (Å²) in [4.78, 5) is 0. The average molecular weight is 187 g/mol. The molecule has 0 amide bonds. The van der Waals surface area contributed by atoms with E-state index in [9.17, 15) is 0 Å². The summed E-state index contributed by atoms with van der Waals surface area (Å²) in [6.45, 7) is 2.20. The lowest BCUT2D eigenvalue weighted by Crippen LogP contribution is -2.12. The van der Waals surface area contributed by atoms with Crippen molar-refractivity contribution in [1.82, 2.24) is 0 Å². The summed E-state index contributed by atoms with van der Waals surface area (Å²) < 4.78 is 0. The maximum Gasteiger partial charge on any atom is -0.0162 e. The van der Waals surface area contributed by atoms with E-state index in [1.165, 1.54) is 25.7 Å². The lowest BCUT2D eigenvalue weighted by atomic mass is 9.78. The van der Waals surface area contributed by atoms with E-state index in [0.717, 1.165) is 11.8 Å². The van der Waals surface area contributed by atoms with Crippen molar-refractivity contribution >= 4 is 0 Å².